The maximum absolute atomic E-state index is 6.56. The van der Waals surface area contributed by atoms with Gasteiger partial charge in [0.05, 0.1) is 11.0 Å². The van der Waals surface area contributed by atoms with Crippen LogP contribution >= 0.6 is 0 Å². The Balaban J connectivity index is 1.37. The van der Waals surface area contributed by atoms with E-state index in [9.17, 15) is 0 Å². The van der Waals surface area contributed by atoms with Crippen LogP contribution in [0.2, 0.25) is 0 Å². The molecular formula is C40H23NO. The van der Waals surface area contributed by atoms with Crippen LogP contribution in [-0.4, -0.2) is 4.57 Å². The van der Waals surface area contributed by atoms with Crippen molar-refractivity contribution >= 4 is 86.8 Å². The van der Waals surface area contributed by atoms with Gasteiger partial charge in [-0.2, -0.15) is 0 Å². The molecule has 42 heavy (non-hydrogen) atoms. The molecule has 10 rings (SSSR count). The summed E-state index contributed by atoms with van der Waals surface area (Å²) < 4.78 is 8.98. The van der Waals surface area contributed by atoms with E-state index < -0.39 is 0 Å². The molecule has 0 fully saturated rings. The van der Waals surface area contributed by atoms with Crippen LogP contribution < -0.4 is 0 Å². The lowest BCUT2D eigenvalue weighted by molar-refractivity contribution is 0.670. The Kier molecular flexibility index (Phi) is 4.21. The normalized spacial score (nSPS) is 12.3. The van der Waals surface area contributed by atoms with Crippen molar-refractivity contribution in [3.05, 3.63) is 140 Å². The van der Waals surface area contributed by atoms with Gasteiger partial charge in [-0.1, -0.05) is 97.1 Å². The van der Waals surface area contributed by atoms with Crippen molar-refractivity contribution in [1.82, 2.24) is 4.57 Å². The van der Waals surface area contributed by atoms with Gasteiger partial charge in [-0.25, -0.2) is 0 Å². The van der Waals surface area contributed by atoms with Crippen molar-refractivity contribution in [3.8, 4) is 5.69 Å². The monoisotopic (exact) mass is 533 g/mol. The van der Waals surface area contributed by atoms with Crippen LogP contribution in [0, 0.1) is 0 Å². The second kappa shape index (κ2) is 7.99. The molecule has 0 radical (unpaired) electrons. The van der Waals surface area contributed by atoms with Gasteiger partial charge in [0.2, 0.25) is 0 Å². The summed E-state index contributed by atoms with van der Waals surface area (Å²) in [4.78, 5) is 0. The Morgan fingerprint density at radius 3 is 1.79 bits per heavy atom. The number of benzene rings is 8. The van der Waals surface area contributed by atoms with E-state index in [1.165, 1.54) is 59.4 Å². The van der Waals surface area contributed by atoms with Gasteiger partial charge in [-0.05, 0) is 79.5 Å². The molecule has 0 aliphatic rings. The molecule has 0 amide bonds. The minimum Gasteiger partial charge on any atom is -0.456 e. The van der Waals surface area contributed by atoms with E-state index in [1.54, 1.807) is 0 Å². The lowest BCUT2D eigenvalue weighted by atomic mass is 10.0. The summed E-state index contributed by atoms with van der Waals surface area (Å²) in [5, 5.41) is 14.8. The van der Waals surface area contributed by atoms with Crippen LogP contribution in [0.5, 0.6) is 0 Å². The molecule has 0 spiro atoms. The van der Waals surface area contributed by atoms with Gasteiger partial charge in [-0.15, -0.1) is 0 Å². The molecule has 10 aromatic rings. The highest BCUT2D eigenvalue weighted by atomic mass is 16.3. The largest absolute Gasteiger partial charge is 0.456 e. The number of hydrogen-bond acceptors (Lipinski definition) is 1. The van der Waals surface area contributed by atoms with Crippen molar-refractivity contribution < 1.29 is 4.42 Å². The SMILES string of the molecule is c1ccc2cc3c(cc2c1)oc1cc2c(cc13)c1c3ccccc3ccc1n2-c1ccc2ccc3ccccc3c2c1. The van der Waals surface area contributed by atoms with Crippen LogP contribution in [0.1, 0.15) is 0 Å². The highest BCUT2D eigenvalue weighted by Gasteiger charge is 2.19. The van der Waals surface area contributed by atoms with Crippen LogP contribution in [0.15, 0.2) is 144 Å². The summed E-state index contributed by atoms with van der Waals surface area (Å²) in [7, 11) is 0. The van der Waals surface area contributed by atoms with E-state index in [0.717, 1.165) is 33.1 Å². The molecule has 0 saturated heterocycles. The summed E-state index contributed by atoms with van der Waals surface area (Å²) in [6.45, 7) is 0. The first-order valence-electron chi connectivity index (χ1n) is 14.4. The molecule has 0 N–H and O–H groups in total. The minimum absolute atomic E-state index is 0.910. The molecular weight excluding hydrogens is 510 g/mol. The van der Waals surface area contributed by atoms with Gasteiger partial charge >= 0.3 is 0 Å². The maximum atomic E-state index is 6.56. The highest BCUT2D eigenvalue weighted by Crippen LogP contribution is 2.42. The predicted molar refractivity (Wildman–Crippen MR) is 178 cm³/mol. The fraction of sp³-hybridized carbons (Fsp3) is 0. The van der Waals surface area contributed by atoms with Crippen molar-refractivity contribution in [1.29, 1.82) is 0 Å². The molecule has 0 aliphatic carbocycles. The van der Waals surface area contributed by atoms with Gasteiger partial charge in [0, 0.05) is 33.3 Å². The highest BCUT2D eigenvalue weighted by molar-refractivity contribution is 6.25. The Bertz CT molecular complexity index is 2740. The second-order valence-corrected chi connectivity index (χ2v) is 11.4. The third-order valence-electron chi connectivity index (χ3n) is 9.10. The number of rotatable bonds is 1. The first-order chi connectivity index (χ1) is 20.8. The van der Waals surface area contributed by atoms with Crippen LogP contribution in [0.25, 0.3) is 92.5 Å². The average Bonchev–Trinajstić information content (AvgIpc) is 3.56. The Labute approximate surface area is 240 Å². The number of fused-ring (bicyclic) bond motifs is 12. The molecule has 194 valence electrons. The van der Waals surface area contributed by atoms with Crippen LogP contribution in [0.3, 0.4) is 0 Å². The average molecular weight is 534 g/mol. The lowest BCUT2D eigenvalue weighted by Gasteiger charge is -2.11. The summed E-state index contributed by atoms with van der Waals surface area (Å²) in [6, 6.07) is 50.7. The number of hydrogen-bond donors (Lipinski definition) is 0. The van der Waals surface area contributed by atoms with E-state index in [4.69, 9.17) is 4.42 Å². The van der Waals surface area contributed by atoms with Crippen molar-refractivity contribution in [2.75, 3.05) is 0 Å². The molecule has 2 nitrogen and oxygen atoms in total. The summed E-state index contributed by atoms with van der Waals surface area (Å²) in [6.07, 6.45) is 0. The van der Waals surface area contributed by atoms with Gasteiger partial charge in [0.15, 0.2) is 0 Å². The summed E-state index contributed by atoms with van der Waals surface area (Å²) in [5.74, 6) is 0. The molecule has 2 aromatic heterocycles. The molecule has 0 bridgehead atoms. The zero-order valence-corrected chi connectivity index (χ0v) is 22.6. The Morgan fingerprint density at radius 1 is 0.357 bits per heavy atom. The Morgan fingerprint density at radius 2 is 0.952 bits per heavy atom. The van der Waals surface area contributed by atoms with E-state index >= 15 is 0 Å². The third-order valence-corrected chi connectivity index (χ3v) is 9.10. The quantitative estimate of drug-likeness (QED) is 0.192. The Hall–Kier alpha value is -5.60. The molecule has 0 atom stereocenters. The van der Waals surface area contributed by atoms with Crippen molar-refractivity contribution in [2.45, 2.75) is 0 Å². The van der Waals surface area contributed by atoms with Crippen LogP contribution in [-0.2, 0) is 0 Å². The first kappa shape index (κ1) is 22.1. The molecule has 2 heteroatoms. The zero-order valence-electron chi connectivity index (χ0n) is 22.6. The molecule has 0 unspecified atom stereocenters. The lowest BCUT2D eigenvalue weighted by Crippen LogP contribution is -1.94. The van der Waals surface area contributed by atoms with Gasteiger partial charge < -0.3 is 8.98 Å². The maximum Gasteiger partial charge on any atom is 0.137 e. The predicted octanol–water partition coefficient (Wildman–Crippen LogP) is 11.3. The van der Waals surface area contributed by atoms with Gasteiger partial charge in [-0.3, -0.25) is 0 Å². The molecule has 2 heterocycles. The fourth-order valence-electron chi connectivity index (χ4n) is 7.15. The van der Waals surface area contributed by atoms with Gasteiger partial charge in [0.25, 0.3) is 0 Å². The number of aromatic nitrogens is 1. The third kappa shape index (κ3) is 2.93. The van der Waals surface area contributed by atoms with E-state index in [0.29, 0.717) is 0 Å². The van der Waals surface area contributed by atoms with E-state index in [1.807, 2.05) is 0 Å². The van der Waals surface area contributed by atoms with Gasteiger partial charge in [0.1, 0.15) is 11.2 Å². The number of nitrogens with zero attached hydrogens (tertiary/aromatic N) is 1. The summed E-state index contributed by atoms with van der Waals surface area (Å²) in [5.41, 5.74) is 5.33. The van der Waals surface area contributed by atoms with E-state index in [2.05, 4.69) is 144 Å². The fourth-order valence-corrected chi connectivity index (χ4v) is 7.15. The topological polar surface area (TPSA) is 18.1 Å². The van der Waals surface area contributed by atoms with Crippen LogP contribution in [0.4, 0.5) is 0 Å². The van der Waals surface area contributed by atoms with Crippen molar-refractivity contribution in [3.63, 3.8) is 0 Å². The molecule has 8 aromatic carbocycles. The summed E-state index contributed by atoms with van der Waals surface area (Å²) >= 11 is 0. The zero-order chi connectivity index (χ0) is 27.4. The first-order valence-corrected chi connectivity index (χ1v) is 14.4. The van der Waals surface area contributed by atoms with Crippen molar-refractivity contribution in [2.24, 2.45) is 0 Å². The standard InChI is InChI=1S/C40H23NO/c1-2-10-28-20-38-33(19-27(28)9-1)34-22-35-37(23-39(34)42-38)41(36-18-16-25-8-4-6-12-31(25)40(35)36)29-17-15-26-14-13-24-7-3-5-11-30(24)32(26)21-29/h1-23H. The molecule has 0 aliphatic heterocycles. The number of furan rings is 1. The van der Waals surface area contributed by atoms with E-state index in [-0.39, 0.29) is 0 Å². The smallest absolute Gasteiger partial charge is 0.137 e. The second-order valence-electron chi connectivity index (χ2n) is 11.4. The minimum atomic E-state index is 0.910. The molecule has 0 saturated carbocycles.